The van der Waals surface area contributed by atoms with Crippen LogP contribution in [0.5, 0.6) is 0 Å². The Bertz CT molecular complexity index is 774. The zero-order valence-electron chi connectivity index (χ0n) is 10.0. The van der Waals surface area contributed by atoms with E-state index in [1.165, 1.54) is 36.5 Å². The zero-order valence-corrected chi connectivity index (χ0v) is 10.0. The summed E-state index contributed by atoms with van der Waals surface area (Å²) in [7, 11) is 0. The molecule has 0 aliphatic rings. The number of benzene rings is 1. The van der Waals surface area contributed by atoms with Gasteiger partial charge in [0.1, 0.15) is 17.2 Å². The first-order valence-corrected chi connectivity index (χ1v) is 5.76. The molecular weight excluding hydrogens is 272 g/mol. The van der Waals surface area contributed by atoms with Gasteiger partial charge in [0.2, 0.25) is 0 Å². The third-order valence-electron chi connectivity index (χ3n) is 2.90. The molecule has 6 heteroatoms. The van der Waals surface area contributed by atoms with E-state index in [0.29, 0.717) is 11.3 Å². The van der Waals surface area contributed by atoms with Crippen molar-refractivity contribution in [3.05, 3.63) is 60.2 Å². The zero-order chi connectivity index (χ0) is 14.3. The van der Waals surface area contributed by atoms with E-state index in [9.17, 15) is 17.6 Å². The maximum Gasteiger partial charge on any atom is 0.431 e. The lowest BCUT2D eigenvalue weighted by Crippen LogP contribution is -2.10. The topological polar surface area (TPSA) is 17.3 Å². The van der Waals surface area contributed by atoms with Crippen LogP contribution in [0.1, 0.15) is 5.69 Å². The second-order valence-electron chi connectivity index (χ2n) is 4.27. The lowest BCUT2D eigenvalue weighted by atomic mass is 10.2. The van der Waals surface area contributed by atoms with Gasteiger partial charge in [0, 0.05) is 11.8 Å². The molecule has 0 spiro atoms. The third-order valence-corrected chi connectivity index (χ3v) is 2.90. The Morgan fingerprint density at radius 2 is 1.75 bits per heavy atom. The van der Waals surface area contributed by atoms with E-state index in [4.69, 9.17) is 0 Å². The van der Waals surface area contributed by atoms with Gasteiger partial charge < -0.3 is 0 Å². The molecule has 2 heterocycles. The number of fused-ring (bicyclic) bond motifs is 1. The van der Waals surface area contributed by atoms with E-state index in [1.54, 1.807) is 6.07 Å². The van der Waals surface area contributed by atoms with Crippen molar-refractivity contribution in [1.82, 2.24) is 9.38 Å². The van der Waals surface area contributed by atoms with Gasteiger partial charge in [-0.1, -0.05) is 18.2 Å². The highest BCUT2D eigenvalue weighted by Gasteiger charge is 2.33. The van der Waals surface area contributed by atoms with Gasteiger partial charge in [-0.2, -0.15) is 13.2 Å². The molecule has 0 aliphatic carbocycles. The van der Waals surface area contributed by atoms with Gasteiger partial charge in [0.25, 0.3) is 0 Å². The van der Waals surface area contributed by atoms with Crippen LogP contribution in [0, 0.1) is 5.82 Å². The number of hydrogen-bond donors (Lipinski definition) is 0. The van der Waals surface area contributed by atoms with Crippen molar-refractivity contribution in [2.45, 2.75) is 6.18 Å². The Hall–Kier alpha value is -2.37. The molecule has 1 aromatic carbocycles. The fourth-order valence-corrected chi connectivity index (χ4v) is 2.03. The molecule has 2 nitrogen and oxygen atoms in total. The van der Waals surface area contributed by atoms with Crippen LogP contribution in [0.3, 0.4) is 0 Å². The van der Waals surface area contributed by atoms with Gasteiger partial charge in [0.15, 0.2) is 0 Å². The quantitative estimate of drug-likeness (QED) is 0.612. The van der Waals surface area contributed by atoms with E-state index in [2.05, 4.69) is 4.98 Å². The fraction of sp³-hybridized carbons (Fsp3) is 0.0714. The average molecular weight is 280 g/mol. The summed E-state index contributed by atoms with van der Waals surface area (Å²) in [5.74, 6) is -0.462. The van der Waals surface area contributed by atoms with Gasteiger partial charge in [-0.05, 0) is 24.3 Å². The number of imidazole rings is 1. The molecule has 0 amide bonds. The SMILES string of the molecule is Fc1cccc(-c2cn3c(C(F)(F)F)cccc3n2)c1. The maximum atomic E-state index is 13.2. The Kier molecular flexibility index (Phi) is 2.74. The molecule has 0 atom stereocenters. The highest BCUT2D eigenvalue weighted by Crippen LogP contribution is 2.31. The van der Waals surface area contributed by atoms with Crippen LogP contribution in [0.2, 0.25) is 0 Å². The summed E-state index contributed by atoms with van der Waals surface area (Å²) in [5.41, 5.74) is 0.0762. The highest BCUT2D eigenvalue weighted by atomic mass is 19.4. The van der Waals surface area contributed by atoms with Crippen molar-refractivity contribution in [3.63, 3.8) is 0 Å². The Labute approximate surface area is 111 Å². The van der Waals surface area contributed by atoms with Crippen LogP contribution in [-0.4, -0.2) is 9.38 Å². The van der Waals surface area contributed by atoms with Gasteiger partial charge in [-0.15, -0.1) is 0 Å². The van der Waals surface area contributed by atoms with Gasteiger partial charge in [-0.3, -0.25) is 4.40 Å². The number of nitrogens with zero attached hydrogens (tertiary/aromatic N) is 2. The van der Waals surface area contributed by atoms with Crippen molar-refractivity contribution in [2.75, 3.05) is 0 Å². The molecule has 20 heavy (non-hydrogen) atoms. The minimum atomic E-state index is -4.47. The van der Waals surface area contributed by atoms with Crippen molar-refractivity contribution in [1.29, 1.82) is 0 Å². The molecule has 0 saturated heterocycles. The molecule has 0 fully saturated rings. The molecule has 0 unspecified atom stereocenters. The molecule has 2 aromatic heterocycles. The summed E-state index contributed by atoms with van der Waals surface area (Å²) in [6.45, 7) is 0. The number of halogens is 4. The van der Waals surface area contributed by atoms with Gasteiger partial charge in [-0.25, -0.2) is 9.37 Å². The Morgan fingerprint density at radius 1 is 1.00 bits per heavy atom. The number of aromatic nitrogens is 2. The predicted octanol–water partition coefficient (Wildman–Crippen LogP) is 4.16. The lowest BCUT2D eigenvalue weighted by molar-refractivity contribution is -0.142. The molecule has 3 aromatic rings. The molecule has 0 radical (unpaired) electrons. The first-order chi connectivity index (χ1) is 9.45. The summed E-state index contributed by atoms with van der Waals surface area (Å²) in [6.07, 6.45) is -3.22. The van der Waals surface area contributed by atoms with E-state index in [-0.39, 0.29) is 5.65 Å². The standard InChI is InChI=1S/C14H8F4N2/c15-10-4-1-3-9(7-10)11-8-20-12(14(16,17)18)5-2-6-13(20)19-11/h1-8H. The molecular formula is C14H8F4N2. The Morgan fingerprint density at radius 3 is 2.45 bits per heavy atom. The van der Waals surface area contributed by atoms with Crippen molar-refractivity contribution >= 4 is 5.65 Å². The number of pyridine rings is 1. The Balaban J connectivity index is 2.21. The van der Waals surface area contributed by atoms with Crippen LogP contribution >= 0.6 is 0 Å². The van der Waals surface area contributed by atoms with Crippen molar-refractivity contribution in [2.24, 2.45) is 0 Å². The highest BCUT2D eigenvalue weighted by molar-refractivity contribution is 5.63. The molecule has 0 aliphatic heterocycles. The van der Waals surface area contributed by atoms with Crippen LogP contribution in [-0.2, 0) is 6.18 Å². The first-order valence-electron chi connectivity index (χ1n) is 5.76. The average Bonchev–Trinajstić information content (AvgIpc) is 2.81. The van der Waals surface area contributed by atoms with Gasteiger partial charge in [0.05, 0.1) is 5.69 Å². The molecule has 102 valence electrons. The predicted molar refractivity (Wildman–Crippen MR) is 65.6 cm³/mol. The molecule has 0 bridgehead atoms. The van der Waals surface area contributed by atoms with E-state index < -0.39 is 17.7 Å². The van der Waals surface area contributed by atoms with Gasteiger partial charge >= 0.3 is 6.18 Å². The summed E-state index contributed by atoms with van der Waals surface area (Å²) >= 11 is 0. The summed E-state index contributed by atoms with van der Waals surface area (Å²) in [4.78, 5) is 4.09. The normalized spacial score (nSPS) is 12.0. The number of alkyl halides is 3. The minimum Gasteiger partial charge on any atom is -0.295 e. The molecule has 3 rings (SSSR count). The van der Waals surface area contributed by atoms with E-state index in [1.807, 2.05) is 0 Å². The van der Waals surface area contributed by atoms with Crippen LogP contribution in [0.4, 0.5) is 17.6 Å². The largest absolute Gasteiger partial charge is 0.431 e. The summed E-state index contributed by atoms with van der Waals surface area (Å²) in [6, 6.07) is 9.32. The third kappa shape index (κ3) is 2.13. The summed E-state index contributed by atoms with van der Waals surface area (Å²) in [5, 5.41) is 0. The number of rotatable bonds is 1. The van der Waals surface area contributed by atoms with E-state index in [0.717, 1.165) is 10.5 Å². The second-order valence-corrected chi connectivity index (χ2v) is 4.27. The summed E-state index contributed by atoms with van der Waals surface area (Å²) < 4.78 is 52.8. The lowest BCUT2D eigenvalue weighted by Gasteiger charge is -2.08. The minimum absolute atomic E-state index is 0.166. The monoisotopic (exact) mass is 280 g/mol. The van der Waals surface area contributed by atoms with Crippen LogP contribution < -0.4 is 0 Å². The number of hydrogen-bond acceptors (Lipinski definition) is 1. The fourth-order valence-electron chi connectivity index (χ4n) is 2.03. The van der Waals surface area contributed by atoms with Crippen molar-refractivity contribution in [3.8, 4) is 11.3 Å². The van der Waals surface area contributed by atoms with E-state index >= 15 is 0 Å². The molecule has 0 saturated carbocycles. The first kappa shape index (κ1) is 12.7. The van der Waals surface area contributed by atoms with Crippen molar-refractivity contribution < 1.29 is 17.6 Å². The van der Waals surface area contributed by atoms with Crippen LogP contribution in [0.15, 0.2) is 48.7 Å². The maximum absolute atomic E-state index is 13.2. The second kappa shape index (κ2) is 4.33. The van der Waals surface area contributed by atoms with Crippen LogP contribution in [0.25, 0.3) is 16.9 Å². The molecule has 0 N–H and O–H groups in total. The smallest absolute Gasteiger partial charge is 0.295 e.